The van der Waals surface area contributed by atoms with Crippen molar-refractivity contribution in [1.82, 2.24) is 30.4 Å². The molecule has 37 heavy (non-hydrogen) atoms. The molecule has 3 aromatic heterocycles. The van der Waals surface area contributed by atoms with Gasteiger partial charge in [-0.05, 0) is 46.0 Å². The Labute approximate surface area is 213 Å². The van der Waals surface area contributed by atoms with Gasteiger partial charge < -0.3 is 24.6 Å². The van der Waals surface area contributed by atoms with Gasteiger partial charge in [-0.25, -0.2) is 24.3 Å². The van der Waals surface area contributed by atoms with E-state index in [0.29, 0.717) is 48.3 Å². The molecule has 0 saturated carbocycles. The number of likely N-dealkylation sites (N-methyl/N-ethyl adjacent to an activating group) is 1. The molecule has 1 aliphatic heterocycles. The van der Waals surface area contributed by atoms with Gasteiger partial charge in [0.1, 0.15) is 42.2 Å². The largest absolute Gasteiger partial charge is 0.491 e. The number of aliphatic hydroxyl groups is 1. The highest BCUT2D eigenvalue weighted by Crippen LogP contribution is 2.37. The maximum Gasteiger partial charge on any atom is 0.165 e. The maximum absolute atomic E-state index is 15.2. The summed E-state index contributed by atoms with van der Waals surface area (Å²) in [5.41, 5.74) is 5.00. The van der Waals surface area contributed by atoms with Gasteiger partial charge in [-0.1, -0.05) is 5.16 Å². The Balaban J connectivity index is 1.60. The number of hydrogen-bond acceptors (Lipinski definition) is 10. The molecule has 1 aromatic carbocycles. The number of benzene rings is 1. The van der Waals surface area contributed by atoms with Crippen molar-refractivity contribution in [3.63, 3.8) is 0 Å². The van der Waals surface area contributed by atoms with E-state index in [4.69, 9.17) is 19.2 Å². The standard InChI is InChI=1S/C26H28FN7O3/c1-14-24(23-15(2)33-37-16(23)3)31-25(32-26(14)34-10-17-8-29-13-30-22(17)11-34)20-7-19(5-6-21(20)27)36-12-18(35)9-28-4/h5-8,13,18,28,35H,9-12H2,1-4H3/t18-/m1/s1. The van der Waals surface area contributed by atoms with E-state index in [1.54, 1.807) is 19.3 Å². The highest BCUT2D eigenvalue weighted by Gasteiger charge is 2.28. The van der Waals surface area contributed by atoms with Crippen molar-refractivity contribution in [2.75, 3.05) is 25.1 Å². The summed E-state index contributed by atoms with van der Waals surface area (Å²) in [5.74, 6) is 1.39. The van der Waals surface area contributed by atoms with E-state index in [1.165, 1.54) is 18.5 Å². The van der Waals surface area contributed by atoms with Gasteiger partial charge in [0.25, 0.3) is 0 Å². The second-order valence-corrected chi connectivity index (χ2v) is 9.06. The molecule has 0 saturated heterocycles. The molecule has 0 fully saturated rings. The predicted octanol–water partition coefficient (Wildman–Crippen LogP) is 3.13. The lowest BCUT2D eigenvalue weighted by Gasteiger charge is -2.21. The average Bonchev–Trinajstić information content (AvgIpc) is 3.46. The summed E-state index contributed by atoms with van der Waals surface area (Å²) in [4.78, 5) is 20.2. The first-order chi connectivity index (χ1) is 17.9. The van der Waals surface area contributed by atoms with Crippen molar-refractivity contribution >= 4 is 5.82 Å². The second kappa shape index (κ2) is 10.2. The number of aryl methyl sites for hydroxylation is 2. The number of nitrogens with zero attached hydrogens (tertiary/aromatic N) is 6. The van der Waals surface area contributed by atoms with Crippen LogP contribution in [0.2, 0.25) is 0 Å². The number of fused-ring (bicyclic) bond motifs is 1. The normalized spacial score (nSPS) is 13.6. The Bertz CT molecular complexity index is 1400. The van der Waals surface area contributed by atoms with Gasteiger partial charge in [-0.2, -0.15) is 0 Å². The topological polar surface area (TPSA) is 122 Å². The molecule has 0 aliphatic carbocycles. The summed E-state index contributed by atoms with van der Waals surface area (Å²) < 4.78 is 26.3. The summed E-state index contributed by atoms with van der Waals surface area (Å²) in [6.07, 6.45) is 2.63. The minimum absolute atomic E-state index is 0.0588. The van der Waals surface area contributed by atoms with Gasteiger partial charge in [-0.15, -0.1) is 0 Å². The van der Waals surface area contributed by atoms with E-state index in [-0.39, 0.29) is 18.0 Å². The Morgan fingerprint density at radius 1 is 1.22 bits per heavy atom. The van der Waals surface area contributed by atoms with Crippen molar-refractivity contribution in [3.05, 3.63) is 64.8 Å². The van der Waals surface area contributed by atoms with Crippen LogP contribution in [-0.4, -0.2) is 56.5 Å². The van der Waals surface area contributed by atoms with Crippen LogP contribution in [0, 0.1) is 26.6 Å². The van der Waals surface area contributed by atoms with Crippen LogP contribution in [0.4, 0.5) is 10.2 Å². The molecular formula is C26H28FN7O3. The fourth-order valence-electron chi connectivity index (χ4n) is 4.50. The third-order valence-electron chi connectivity index (χ3n) is 6.33. The highest BCUT2D eigenvalue weighted by atomic mass is 19.1. The lowest BCUT2D eigenvalue weighted by atomic mass is 10.0. The van der Waals surface area contributed by atoms with Gasteiger partial charge >= 0.3 is 0 Å². The van der Waals surface area contributed by atoms with Crippen LogP contribution in [-0.2, 0) is 13.1 Å². The Morgan fingerprint density at radius 3 is 2.78 bits per heavy atom. The number of ether oxygens (including phenoxy) is 1. The van der Waals surface area contributed by atoms with Crippen LogP contribution in [0.15, 0.2) is 35.2 Å². The van der Waals surface area contributed by atoms with Crippen molar-refractivity contribution in [1.29, 1.82) is 0 Å². The lowest BCUT2D eigenvalue weighted by Crippen LogP contribution is -2.29. The number of halogens is 1. The third kappa shape index (κ3) is 4.87. The van der Waals surface area contributed by atoms with Gasteiger partial charge in [0.05, 0.1) is 34.8 Å². The van der Waals surface area contributed by atoms with Gasteiger partial charge in [0.2, 0.25) is 0 Å². The Hall–Kier alpha value is -3.96. The average molecular weight is 506 g/mol. The van der Waals surface area contributed by atoms with Crippen LogP contribution in [0.25, 0.3) is 22.6 Å². The minimum atomic E-state index is -0.702. The molecule has 4 heterocycles. The van der Waals surface area contributed by atoms with Crippen molar-refractivity contribution in [3.8, 4) is 28.4 Å². The quantitative estimate of drug-likeness (QED) is 0.369. The third-order valence-corrected chi connectivity index (χ3v) is 6.33. The summed E-state index contributed by atoms with van der Waals surface area (Å²) >= 11 is 0. The highest BCUT2D eigenvalue weighted by molar-refractivity contribution is 5.75. The van der Waals surface area contributed by atoms with Gasteiger partial charge in [-0.3, -0.25) is 0 Å². The fourth-order valence-corrected chi connectivity index (χ4v) is 4.50. The molecule has 0 bridgehead atoms. The first kappa shape index (κ1) is 24.7. The monoisotopic (exact) mass is 505 g/mol. The molecule has 1 atom stereocenters. The van der Waals surface area contributed by atoms with Crippen molar-refractivity contribution < 1.29 is 18.8 Å². The second-order valence-electron chi connectivity index (χ2n) is 9.06. The zero-order valence-corrected chi connectivity index (χ0v) is 21.1. The van der Waals surface area contributed by atoms with Crippen LogP contribution < -0.4 is 15.0 Å². The van der Waals surface area contributed by atoms with E-state index < -0.39 is 11.9 Å². The molecular weight excluding hydrogens is 477 g/mol. The zero-order chi connectivity index (χ0) is 26.1. The molecule has 0 amide bonds. The number of anilines is 1. The molecule has 2 N–H and O–H groups in total. The maximum atomic E-state index is 15.2. The zero-order valence-electron chi connectivity index (χ0n) is 21.1. The number of aromatic nitrogens is 5. The number of aliphatic hydroxyl groups excluding tert-OH is 1. The number of hydrogen-bond donors (Lipinski definition) is 2. The van der Waals surface area contributed by atoms with Crippen molar-refractivity contribution in [2.45, 2.75) is 40.0 Å². The fraction of sp³-hybridized carbons (Fsp3) is 0.346. The molecule has 0 spiro atoms. The molecule has 1 aliphatic rings. The number of rotatable bonds is 8. The summed E-state index contributed by atoms with van der Waals surface area (Å²) in [7, 11) is 1.74. The van der Waals surface area contributed by atoms with Crippen LogP contribution in [0.1, 0.15) is 28.3 Å². The van der Waals surface area contributed by atoms with Gasteiger partial charge in [0, 0.05) is 30.4 Å². The molecule has 0 radical (unpaired) electrons. The van der Waals surface area contributed by atoms with E-state index in [0.717, 1.165) is 22.4 Å². The molecule has 5 rings (SSSR count). The van der Waals surface area contributed by atoms with E-state index >= 15 is 4.39 Å². The van der Waals surface area contributed by atoms with Crippen LogP contribution in [0.5, 0.6) is 5.75 Å². The molecule has 10 nitrogen and oxygen atoms in total. The van der Waals surface area contributed by atoms with Gasteiger partial charge in [0.15, 0.2) is 5.82 Å². The van der Waals surface area contributed by atoms with E-state index in [2.05, 4.69) is 25.3 Å². The Morgan fingerprint density at radius 2 is 2.05 bits per heavy atom. The first-order valence-electron chi connectivity index (χ1n) is 12.0. The lowest BCUT2D eigenvalue weighted by molar-refractivity contribution is 0.108. The molecule has 4 aromatic rings. The molecule has 11 heteroatoms. The Kier molecular flexibility index (Phi) is 6.81. The predicted molar refractivity (Wildman–Crippen MR) is 134 cm³/mol. The minimum Gasteiger partial charge on any atom is -0.491 e. The SMILES string of the molecule is CNC[C@@H](O)COc1ccc(F)c(-c2nc(-c3c(C)noc3C)c(C)c(N3Cc4cncnc4C3)n2)c1. The summed E-state index contributed by atoms with van der Waals surface area (Å²) in [6, 6.07) is 4.39. The van der Waals surface area contributed by atoms with E-state index in [9.17, 15) is 5.11 Å². The summed E-state index contributed by atoms with van der Waals surface area (Å²) in [6.45, 7) is 7.16. The molecule has 192 valence electrons. The number of nitrogens with one attached hydrogen (secondary N) is 1. The first-order valence-corrected chi connectivity index (χ1v) is 12.0. The van der Waals surface area contributed by atoms with E-state index in [1.807, 2.05) is 20.8 Å². The van der Waals surface area contributed by atoms with Crippen molar-refractivity contribution in [2.24, 2.45) is 0 Å². The van der Waals surface area contributed by atoms with Crippen LogP contribution >= 0.6 is 0 Å². The smallest absolute Gasteiger partial charge is 0.165 e. The van der Waals surface area contributed by atoms with Crippen LogP contribution in [0.3, 0.4) is 0 Å². The molecule has 0 unspecified atom stereocenters. The summed E-state index contributed by atoms with van der Waals surface area (Å²) in [5, 5.41) is 17.0.